The number of carbonyl (C=O) groups excluding carboxylic acids is 1. The lowest BCUT2D eigenvalue weighted by molar-refractivity contribution is -0.127. The Labute approximate surface area is 102 Å². The van der Waals surface area contributed by atoms with Crippen molar-refractivity contribution in [2.24, 2.45) is 5.92 Å². The summed E-state index contributed by atoms with van der Waals surface area (Å²) >= 11 is 0. The summed E-state index contributed by atoms with van der Waals surface area (Å²) in [6.07, 6.45) is 1.54. The van der Waals surface area contributed by atoms with Crippen LogP contribution >= 0.6 is 0 Å². The van der Waals surface area contributed by atoms with Crippen LogP contribution in [0.5, 0.6) is 0 Å². The van der Waals surface area contributed by atoms with Crippen LogP contribution in [0, 0.1) is 5.92 Å². The minimum absolute atomic E-state index is 0.131. The largest absolute Gasteiger partial charge is 0.396 e. The molecule has 1 amide bonds. The zero-order valence-electron chi connectivity index (χ0n) is 10.3. The minimum atomic E-state index is 0.131. The number of morpholine rings is 1. The molecule has 0 aromatic heterocycles. The van der Waals surface area contributed by atoms with E-state index in [1.165, 1.54) is 0 Å². The molecule has 1 N–H and O–H groups in total. The molecular weight excluding hydrogens is 220 g/mol. The molecule has 2 saturated heterocycles. The number of nitrogens with zero attached hydrogens (tertiary/aromatic N) is 2. The maximum atomic E-state index is 11.6. The van der Waals surface area contributed by atoms with Gasteiger partial charge in [0.15, 0.2) is 0 Å². The van der Waals surface area contributed by atoms with Crippen molar-refractivity contribution in [3.63, 3.8) is 0 Å². The molecular formula is C12H22N2O3. The highest BCUT2D eigenvalue weighted by Gasteiger charge is 2.28. The summed E-state index contributed by atoms with van der Waals surface area (Å²) in [5.74, 6) is 0.358. The van der Waals surface area contributed by atoms with Crippen LogP contribution < -0.4 is 0 Å². The molecule has 0 spiro atoms. The van der Waals surface area contributed by atoms with Gasteiger partial charge in [-0.05, 0) is 6.42 Å². The summed E-state index contributed by atoms with van der Waals surface area (Å²) in [6.45, 7) is 6.40. The fourth-order valence-corrected chi connectivity index (χ4v) is 2.50. The maximum absolute atomic E-state index is 11.6. The molecule has 1 unspecified atom stereocenters. The van der Waals surface area contributed by atoms with Gasteiger partial charge >= 0.3 is 0 Å². The van der Waals surface area contributed by atoms with E-state index in [1.807, 2.05) is 4.90 Å². The van der Waals surface area contributed by atoms with Gasteiger partial charge in [-0.1, -0.05) is 0 Å². The third kappa shape index (κ3) is 3.66. The average Bonchev–Trinajstić information content (AvgIpc) is 2.72. The predicted octanol–water partition coefficient (Wildman–Crippen LogP) is -0.450. The molecule has 0 bridgehead atoms. The lowest BCUT2D eigenvalue weighted by Crippen LogP contribution is -2.38. The third-order valence-electron chi connectivity index (χ3n) is 3.56. The summed E-state index contributed by atoms with van der Waals surface area (Å²) in [4.78, 5) is 15.9. The standard InChI is InChI=1S/C12H22N2O3/c15-10-11-8-12(16)14(9-11)3-1-2-13-4-6-17-7-5-13/h11,15H,1-10H2. The van der Waals surface area contributed by atoms with Crippen molar-refractivity contribution in [2.45, 2.75) is 12.8 Å². The molecule has 1 atom stereocenters. The number of hydrogen-bond donors (Lipinski definition) is 1. The van der Waals surface area contributed by atoms with Crippen molar-refractivity contribution in [1.29, 1.82) is 0 Å². The summed E-state index contributed by atoms with van der Waals surface area (Å²) in [7, 11) is 0. The Kier molecular flexibility index (Phi) is 4.76. The van der Waals surface area contributed by atoms with Crippen molar-refractivity contribution >= 4 is 5.91 Å². The molecule has 0 aromatic rings. The van der Waals surface area contributed by atoms with Gasteiger partial charge in [-0.3, -0.25) is 9.69 Å². The molecule has 98 valence electrons. The van der Waals surface area contributed by atoms with Gasteiger partial charge in [0.25, 0.3) is 0 Å². The number of hydrogen-bond acceptors (Lipinski definition) is 4. The number of amides is 1. The highest BCUT2D eigenvalue weighted by atomic mass is 16.5. The topological polar surface area (TPSA) is 53.0 Å². The van der Waals surface area contributed by atoms with Crippen LogP contribution in [0.2, 0.25) is 0 Å². The van der Waals surface area contributed by atoms with Gasteiger partial charge < -0.3 is 14.7 Å². The molecule has 0 saturated carbocycles. The lowest BCUT2D eigenvalue weighted by Gasteiger charge is -2.27. The van der Waals surface area contributed by atoms with Crippen molar-refractivity contribution in [1.82, 2.24) is 9.80 Å². The zero-order chi connectivity index (χ0) is 12.1. The van der Waals surface area contributed by atoms with Crippen LogP contribution in [0.3, 0.4) is 0 Å². The van der Waals surface area contributed by atoms with E-state index < -0.39 is 0 Å². The zero-order valence-corrected chi connectivity index (χ0v) is 10.3. The van der Waals surface area contributed by atoms with Gasteiger partial charge in [0.05, 0.1) is 13.2 Å². The second kappa shape index (κ2) is 6.33. The molecule has 2 aliphatic rings. The van der Waals surface area contributed by atoms with Gasteiger partial charge in [-0.2, -0.15) is 0 Å². The SMILES string of the molecule is O=C1CC(CO)CN1CCCN1CCOCC1. The predicted molar refractivity (Wildman–Crippen MR) is 63.6 cm³/mol. The van der Waals surface area contributed by atoms with Crippen LogP contribution in [0.25, 0.3) is 0 Å². The first-order valence-corrected chi connectivity index (χ1v) is 6.48. The Morgan fingerprint density at radius 2 is 2.06 bits per heavy atom. The van der Waals surface area contributed by atoms with Gasteiger partial charge in [0, 0.05) is 51.7 Å². The van der Waals surface area contributed by atoms with Crippen LogP contribution in [-0.2, 0) is 9.53 Å². The summed E-state index contributed by atoms with van der Waals surface area (Å²) in [6, 6.07) is 0. The van der Waals surface area contributed by atoms with Gasteiger partial charge in [0.1, 0.15) is 0 Å². The van der Waals surface area contributed by atoms with E-state index in [2.05, 4.69) is 4.90 Å². The Morgan fingerprint density at radius 1 is 1.29 bits per heavy atom. The smallest absolute Gasteiger partial charge is 0.223 e. The Bertz CT molecular complexity index is 254. The van der Waals surface area contributed by atoms with Gasteiger partial charge in [-0.15, -0.1) is 0 Å². The van der Waals surface area contributed by atoms with E-state index in [0.29, 0.717) is 6.42 Å². The quantitative estimate of drug-likeness (QED) is 0.709. The maximum Gasteiger partial charge on any atom is 0.223 e. The summed E-state index contributed by atoms with van der Waals surface area (Å²) in [5.41, 5.74) is 0. The molecule has 5 nitrogen and oxygen atoms in total. The number of rotatable bonds is 5. The number of aliphatic hydroxyl groups is 1. The fourth-order valence-electron chi connectivity index (χ4n) is 2.50. The van der Waals surface area contributed by atoms with Crippen LogP contribution in [0.15, 0.2) is 0 Å². The first-order valence-electron chi connectivity index (χ1n) is 6.48. The number of likely N-dealkylation sites (tertiary alicyclic amines) is 1. The second-order valence-corrected chi connectivity index (χ2v) is 4.90. The lowest BCUT2D eigenvalue weighted by atomic mass is 10.1. The van der Waals surface area contributed by atoms with Crippen molar-refractivity contribution in [3.05, 3.63) is 0 Å². The Morgan fingerprint density at radius 3 is 2.71 bits per heavy atom. The number of ether oxygens (including phenoxy) is 1. The fraction of sp³-hybridized carbons (Fsp3) is 0.917. The highest BCUT2D eigenvalue weighted by Crippen LogP contribution is 2.17. The molecule has 0 aromatic carbocycles. The van der Waals surface area contributed by atoms with Crippen molar-refractivity contribution in [3.8, 4) is 0 Å². The van der Waals surface area contributed by atoms with Crippen molar-refractivity contribution in [2.75, 3.05) is 52.5 Å². The average molecular weight is 242 g/mol. The molecule has 2 fully saturated rings. The molecule has 2 rings (SSSR count). The molecule has 2 aliphatic heterocycles. The highest BCUT2D eigenvalue weighted by molar-refractivity contribution is 5.78. The first-order chi connectivity index (χ1) is 8.29. The van der Waals surface area contributed by atoms with E-state index in [-0.39, 0.29) is 18.4 Å². The van der Waals surface area contributed by atoms with E-state index in [4.69, 9.17) is 9.84 Å². The third-order valence-corrected chi connectivity index (χ3v) is 3.56. The number of carbonyl (C=O) groups is 1. The van der Waals surface area contributed by atoms with E-state index in [0.717, 1.165) is 52.4 Å². The van der Waals surface area contributed by atoms with E-state index in [1.54, 1.807) is 0 Å². The Hall–Kier alpha value is -0.650. The van der Waals surface area contributed by atoms with E-state index in [9.17, 15) is 4.79 Å². The second-order valence-electron chi connectivity index (χ2n) is 4.90. The normalized spacial score (nSPS) is 26.8. The monoisotopic (exact) mass is 242 g/mol. The molecule has 0 aliphatic carbocycles. The van der Waals surface area contributed by atoms with Crippen LogP contribution in [0.1, 0.15) is 12.8 Å². The minimum Gasteiger partial charge on any atom is -0.396 e. The van der Waals surface area contributed by atoms with Gasteiger partial charge in [0.2, 0.25) is 5.91 Å². The molecule has 5 heteroatoms. The summed E-state index contributed by atoms with van der Waals surface area (Å²) in [5, 5.41) is 9.03. The Balaban J connectivity index is 1.63. The molecule has 2 heterocycles. The van der Waals surface area contributed by atoms with Crippen LogP contribution in [-0.4, -0.2) is 73.4 Å². The molecule has 0 radical (unpaired) electrons. The number of aliphatic hydroxyl groups excluding tert-OH is 1. The van der Waals surface area contributed by atoms with E-state index >= 15 is 0 Å². The molecule has 17 heavy (non-hydrogen) atoms. The van der Waals surface area contributed by atoms with Gasteiger partial charge in [-0.25, -0.2) is 0 Å². The summed E-state index contributed by atoms with van der Waals surface area (Å²) < 4.78 is 5.29. The van der Waals surface area contributed by atoms with Crippen LogP contribution in [0.4, 0.5) is 0 Å². The first kappa shape index (κ1) is 12.8. The van der Waals surface area contributed by atoms with Crippen molar-refractivity contribution < 1.29 is 14.6 Å².